The molecule has 2 N–H and O–H groups in total. The molecule has 3 heteroatoms. The van der Waals surface area contributed by atoms with Crippen molar-refractivity contribution >= 4 is 0 Å². The highest BCUT2D eigenvalue weighted by Gasteiger charge is 2.21. The van der Waals surface area contributed by atoms with Gasteiger partial charge in [-0.3, -0.25) is 0 Å². The lowest BCUT2D eigenvalue weighted by molar-refractivity contribution is 0.502. The maximum absolute atomic E-state index is 5.71. The highest BCUT2D eigenvalue weighted by molar-refractivity contribution is 5.61. The van der Waals surface area contributed by atoms with E-state index in [4.69, 9.17) is 5.73 Å². The summed E-state index contributed by atoms with van der Waals surface area (Å²) < 4.78 is 0. The molecule has 1 aromatic carbocycles. The fourth-order valence-corrected chi connectivity index (χ4v) is 1.55. The Labute approximate surface area is 102 Å². The van der Waals surface area contributed by atoms with Crippen molar-refractivity contribution in [2.24, 2.45) is 5.73 Å². The molecular weight excluding hydrogens is 210 g/mol. The van der Waals surface area contributed by atoms with Crippen LogP contribution in [0.5, 0.6) is 0 Å². The number of hydrogen-bond acceptors (Lipinski definition) is 3. The molecule has 0 bridgehead atoms. The first-order chi connectivity index (χ1) is 8.13. The fraction of sp³-hybridized carbons (Fsp3) is 0.286. The van der Waals surface area contributed by atoms with Gasteiger partial charge in [0.25, 0.3) is 0 Å². The summed E-state index contributed by atoms with van der Waals surface area (Å²) in [6, 6.07) is 10.1. The van der Waals surface area contributed by atoms with Crippen molar-refractivity contribution in [1.82, 2.24) is 9.97 Å². The van der Waals surface area contributed by atoms with Gasteiger partial charge in [-0.05, 0) is 5.56 Å². The Bertz CT molecular complexity index is 475. The molecule has 2 aromatic rings. The Kier molecular flexibility index (Phi) is 3.20. The Morgan fingerprint density at radius 2 is 1.59 bits per heavy atom. The Hall–Kier alpha value is -1.74. The minimum absolute atomic E-state index is 0.171. The van der Waals surface area contributed by atoms with Crippen molar-refractivity contribution in [3.63, 3.8) is 0 Å². The van der Waals surface area contributed by atoms with E-state index in [1.807, 2.05) is 56.6 Å². The lowest BCUT2D eigenvalue weighted by Gasteiger charge is -2.20. The predicted molar refractivity (Wildman–Crippen MR) is 69.5 cm³/mol. The number of hydrogen-bond donors (Lipinski definition) is 1. The van der Waals surface area contributed by atoms with Crippen LogP contribution >= 0.6 is 0 Å². The molecule has 0 saturated carbocycles. The number of benzene rings is 1. The van der Waals surface area contributed by atoms with Gasteiger partial charge in [0.2, 0.25) is 0 Å². The Balaban J connectivity index is 2.31. The third kappa shape index (κ3) is 2.50. The molecule has 0 aliphatic carbocycles. The molecule has 1 heterocycles. The Morgan fingerprint density at radius 3 is 2.12 bits per heavy atom. The van der Waals surface area contributed by atoms with Crippen LogP contribution in [0.4, 0.5) is 0 Å². The summed E-state index contributed by atoms with van der Waals surface area (Å²) >= 11 is 0. The summed E-state index contributed by atoms with van der Waals surface area (Å²) in [6.45, 7) is 4.63. The largest absolute Gasteiger partial charge is 0.329 e. The van der Waals surface area contributed by atoms with Gasteiger partial charge in [0.1, 0.15) is 5.82 Å². The normalized spacial score (nSPS) is 11.5. The molecule has 0 unspecified atom stereocenters. The highest BCUT2D eigenvalue weighted by atomic mass is 14.9. The lowest BCUT2D eigenvalue weighted by atomic mass is 9.92. The minimum Gasteiger partial charge on any atom is -0.329 e. The van der Waals surface area contributed by atoms with Crippen LogP contribution in [-0.2, 0) is 5.41 Å². The Morgan fingerprint density at radius 1 is 1.00 bits per heavy atom. The zero-order chi connectivity index (χ0) is 12.3. The van der Waals surface area contributed by atoms with E-state index in [-0.39, 0.29) is 5.41 Å². The SMILES string of the molecule is CC(C)(CN)c1ncc(-c2ccccc2)cn1. The number of nitrogens with zero attached hydrogens (tertiary/aromatic N) is 2. The van der Waals surface area contributed by atoms with Gasteiger partial charge in [-0.15, -0.1) is 0 Å². The number of rotatable bonds is 3. The van der Waals surface area contributed by atoms with E-state index in [0.29, 0.717) is 6.54 Å². The standard InChI is InChI=1S/C14H17N3/c1-14(2,10-15)13-16-8-12(9-17-13)11-6-4-3-5-7-11/h3-9H,10,15H2,1-2H3. The average Bonchev–Trinajstić information content (AvgIpc) is 2.40. The molecule has 0 amide bonds. The van der Waals surface area contributed by atoms with Crippen molar-refractivity contribution < 1.29 is 0 Å². The molecule has 0 aliphatic rings. The van der Waals surface area contributed by atoms with Gasteiger partial charge in [0, 0.05) is 29.9 Å². The molecule has 0 radical (unpaired) electrons. The van der Waals surface area contributed by atoms with Gasteiger partial charge < -0.3 is 5.73 Å². The summed E-state index contributed by atoms with van der Waals surface area (Å²) in [6.07, 6.45) is 3.71. The van der Waals surface area contributed by atoms with Crippen molar-refractivity contribution in [1.29, 1.82) is 0 Å². The van der Waals surface area contributed by atoms with Gasteiger partial charge in [-0.1, -0.05) is 44.2 Å². The maximum atomic E-state index is 5.71. The van der Waals surface area contributed by atoms with Gasteiger partial charge in [-0.25, -0.2) is 9.97 Å². The first-order valence-electron chi connectivity index (χ1n) is 5.71. The van der Waals surface area contributed by atoms with Crippen LogP contribution in [0.2, 0.25) is 0 Å². The average molecular weight is 227 g/mol. The lowest BCUT2D eigenvalue weighted by Crippen LogP contribution is -2.30. The molecule has 0 spiro atoms. The quantitative estimate of drug-likeness (QED) is 0.875. The molecule has 0 aliphatic heterocycles. The van der Waals surface area contributed by atoms with E-state index in [9.17, 15) is 0 Å². The monoisotopic (exact) mass is 227 g/mol. The van der Waals surface area contributed by atoms with Crippen LogP contribution in [0.3, 0.4) is 0 Å². The van der Waals surface area contributed by atoms with Gasteiger partial charge >= 0.3 is 0 Å². The van der Waals surface area contributed by atoms with Gasteiger partial charge in [0.15, 0.2) is 0 Å². The zero-order valence-corrected chi connectivity index (χ0v) is 10.2. The second-order valence-corrected chi connectivity index (χ2v) is 4.75. The van der Waals surface area contributed by atoms with E-state index >= 15 is 0 Å². The molecule has 0 atom stereocenters. The van der Waals surface area contributed by atoms with Gasteiger partial charge in [0.05, 0.1) is 0 Å². The molecule has 88 valence electrons. The van der Waals surface area contributed by atoms with E-state index in [2.05, 4.69) is 9.97 Å². The van der Waals surface area contributed by atoms with Crippen LogP contribution in [0.15, 0.2) is 42.7 Å². The van der Waals surface area contributed by atoms with E-state index in [0.717, 1.165) is 17.0 Å². The van der Waals surface area contributed by atoms with Crippen molar-refractivity contribution in [3.05, 3.63) is 48.5 Å². The van der Waals surface area contributed by atoms with Crippen molar-refractivity contribution in [2.45, 2.75) is 19.3 Å². The van der Waals surface area contributed by atoms with Crippen LogP contribution < -0.4 is 5.73 Å². The summed E-state index contributed by atoms with van der Waals surface area (Å²) in [5, 5.41) is 0. The van der Waals surface area contributed by atoms with Crippen LogP contribution in [0.1, 0.15) is 19.7 Å². The van der Waals surface area contributed by atoms with Crippen LogP contribution in [0, 0.1) is 0 Å². The van der Waals surface area contributed by atoms with E-state index < -0.39 is 0 Å². The van der Waals surface area contributed by atoms with E-state index in [1.54, 1.807) is 0 Å². The van der Waals surface area contributed by atoms with E-state index in [1.165, 1.54) is 0 Å². The maximum Gasteiger partial charge on any atom is 0.135 e. The van der Waals surface area contributed by atoms with Crippen molar-refractivity contribution in [3.8, 4) is 11.1 Å². The van der Waals surface area contributed by atoms with Crippen LogP contribution in [0.25, 0.3) is 11.1 Å². The zero-order valence-electron chi connectivity index (χ0n) is 10.2. The number of nitrogens with two attached hydrogens (primary N) is 1. The third-order valence-electron chi connectivity index (χ3n) is 2.87. The summed E-state index contributed by atoms with van der Waals surface area (Å²) in [4.78, 5) is 8.81. The van der Waals surface area contributed by atoms with Crippen molar-refractivity contribution in [2.75, 3.05) is 6.54 Å². The summed E-state index contributed by atoms with van der Waals surface area (Å²) in [5.41, 5.74) is 7.70. The summed E-state index contributed by atoms with van der Waals surface area (Å²) in [7, 11) is 0. The smallest absolute Gasteiger partial charge is 0.135 e. The number of aromatic nitrogens is 2. The fourth-order valence-electron chi connectivity index (χ4n) is 1.55. The third-order valence-corrected chi connectivity index (χ3v) is 2.87. The topological polar surface area (TPSA) is 51.8 Å². The second kappa shape index (κ2) is 4.63. The molecule has 0 saturated heterocycles. The first-order valence-corrected chi connectivity index (χ1v) is 5.71. The highest BCUT2D eigenvalue weighted by Crippen LogP contribution is 2.21. The molecular formula is C14H17N3. The molecule has 3 nitrogen and oxygen atoms in total. The summed E-state index contributed by atoms with van der Waals surface area (Å²) in [5.74, 6) is 0.791. The molecule has 0 fully saturated rings. The second-order valence-electron chi connectivity index (χ2n) is 4.75. The first kappa shape index (κ1) is 11.7. The minimum atomic E-state index is -0.171. The molecule has 17 heavy (non-hydrogen) atoms. The van der Waals surface area contributed by atoms with Crippen LogP contribution in [-0.4, -0.2) is 16.5 Å². The molecule has 1 aromatic heterocycles. The molecule has 2 rings (SSSR count). The predicted octanol–water partition coefficient (Wildman–Crippen LogP) is 2.38. The van der Waals surface area contributed by atoms with Gasteiger partial charge in [-0.2, -0.15) is 0 Å².